The molecule has 4 rings (SSSR count). The predicted molar refractivity (Wildman–Crippen MR) is 80.7 cm³/mol. The maximum atomic E-state index is 4.37. The molecule has 0 unspecified atom stereocenters. The van der Waals surface area contributed by atoms with Crippen LogP contribution in [0.5, 0.6) is 0 Å². The first-order valence-electron chi connectivity index (χ1n) is 7.52. The zero-order valence-corrected chi connectivity index (χ0v) is 12.0. The minimum atomic E-state index is 0.746. The van der Waals surface area contributed by atoms with Crippen molar-refractivity contribution in [2.75, 3.05) is 31.1 Å². The van der Waals surface area contributed by atoms with E-state index < -0.39 is 0 Å². The van der Waals surface area contributed by atoms with E-state index in [-0.39, 0.29) is 0 Å². The maximum Gasteiger partial charge on any atom is 0.225 e. The van der Waals surface area contributed by atoms with Gasteiger partial charge >= 0.3 is 0 Å². The van der Waals surface area contributed by atoms with E-state index in [1.54, 1.807) is 0 Å². The summed E-state index contributed by atoms with van der Waals surface area (Å²) in [6, 6.07) is 6.09. The third kappa shape index (κ3) is 2.61. The highest BCUT2D eigenvalue weighted by atomic mass is 15.3. The zero-order valence-electron chi connectivity index (χ0n) is 12.0. The summed E-state index contributed by atoms with van der Waals surface area (Å²) in [6.07, 6.45) is 7.40. The summed E-state index contributed by atoms with van der Waals surface area (Å²) in [5.74, 6) is 2.37. The number of pyridine rings is 1. The fourth-order valence-electron chi connectivity index (χ4n) is 3.58. The molecule has 0 aromatic carbocycles. The first-order valence-corrected chi connectivity index (χ1v) is 7.52. The third-order valence-electron chi connectivity index (χ3n) is 4.55. The van der Waals surface area contributed by atoms with Crippen molar-refractivity contribution in [2.45, 2.75) is 6.54 Å². The Morgan fingerprint density at radius 1 is 0.905 bits per heavy atom. The van der Waals surface area contributed by atoms with Crippen LogP contribution in [0.3, 0.4) is 0 Å². The van der Waals surface area contributed by atoms with Crippen molar-refractivity contribution in [3.05, 3.63) is 48.5 Å². The second-order valence-electron chi connectivity index (χ2n) is 6.02. The van der Waals surface area contributed by atoms with Crippen LogP contribution in [0.25, 0.3) is 0 Å². The summed E-state index contributed by atoms with van der Waals surface area (Å²) in [6.45, 7) is 5.56. The van der Waals surface area contributed by atoms with E-state index in [4.69, 9.17) is 0 Å². The topological polar surface area (TPSA) is 45.2 Å². The van der Waals surface area contributed by atoms with Gasteiger partial charge in [-0.05, 0) is 35.6 Å². The highest BCUT2D eigenvalue weighted by molar-refractivity contribution is 5.31. The van der Waals surface area contributed by atoms with Gasteiger partial charge in [0.2, 0.25) is 5.95 Å². The quantitative estimate of drug-likeness (QED) is 0.852. The van der Waals surface area contributed by atoms with Crippen LogP contribution >= 0.6 is 0 Å². The first-order chi connectivity index (χ1) is 10.4. The van der Waals surface area contributed by atoms with Crippen molar-refractivity contribution in [3.8, 4) is 0 Å². The molecular formula is C16H19N5. The van der Waals surface area contributed by atoms with E-state index in [9.17, 15) is 0 Å². The van der Waals surface area contributed by atoms with Crippen LogP contribution in [0.2, 0.25) is 0 Å². The van der Waals surface area contributed by atoms with Gasteiger partial charge in [-0.15, -0.1) is 0 Å². The van der Waals surface area contributed by atoms with E-state index in [0.717, 1.165) is 37.4 Å². The summed E-state index contributed by atoms with van der Waals surface area (Å²) in [7, 11) is 0. The highest BCUT2D eigenvalue weighted by Gasteiger charge is 2.40. The van der Waals surface area contributed by atoms with Gasteiger partial charge in [0.15, 0.2) is 0 Å². The van der Waals surface area contributed by atoms with E-state index in [2.05, 4.69) is 36.9 Å². The lowest BCUT2D eigenvalue weighted by molar-refractivity contribution is 0.308. The van der Waals surface area contributed by atoms with Gasteiger partial charge in [0, 0.05) is 57.5 Å². The Morgan fingerprint density at radius 2 is 1.57 bits per heavy atom. The van der Waals surface area contributed by atoms with Gasteiger partial charge in [-0.3, -0.25) is 9.88 Å². The Bertz CT molecular complexity index is 574. The largest absolute Gasteiger partial charge is 0.340 e. The van der Waals surface area contributed by atoms with Gasteiger partial charge in [0.25, 0.3) is 0 Å². The summed E-state index contributed by atoms with van der Waals surface area (Å²) in [5.41, 5.74) is 1.35. The third-order valence-corrected chi connectivity index (χ3v) is 4.55. The standard InChI is InChI=1S/C16H19N5/c1-4-18-16(19-5-1)21-11-14-9-20(10-15(14)12-21)8-13-2-6-17-7-3-13/h1-7,14-15H,8-12H2/t14-,15-/m1/s1. The van der Waals surface area contributed by atoms with Crippen molar-refractivity contribution >= 4 is 5.95 Å². The average Bonchev–Trinajstić information content (AvgIpc) is 3.07. The van der Waals surface area contributed by atoms with Crippen molar-refractivity contribution in [1.29, 1.82) is 0 Å². The number of aromatic nitrogens is 3. The molecule has 5 heteroatoms. The molecular weight excluding hydrogens is 262 g/mol. The zero-order chi connectivity index (χ0) is 14.1. The molecule has 0 saturated carbocycles. The Hall–Kier alpha value is -2.01. The van der Waals surface area contributed by atoms with E-state index >= 15 is 0 Å². The molecule has 0 spiro atoms. The highest BCUT2D eigenvalue weighted by Crippen LogP contribution is 2.33. The monoisotopic (exact) mass is 281 g/mol. The molecule has 2 fully saturated rings. The molecule has 0 N–H and O–H groups in total. The van der Waals surface area contributed by atoms with Crippen LogP contribution in [0.1, 0.15) is 5.56 Å². The molecule has 0 aliphatic carbocycles. The van der Waals surface area contributed by atoms with Crippen molar-refractivity contribution in [3.63, 3.8) is 0 Å². The fraction of sp³-hybridized carbons (Fsp3) is 0.438. The number of rotatable bonds is 3. The molecule has 5 nitrogen and oxygen atoms in total. The van der Waals surface area contributed by atoms with E-state index in [1.165, 1.54) is 18.7 Å². The van der Waals surface area contributed by atoms with Crippen molar-refractivity contribution < 1.29 is 0 Å². The predicted octanol–water partition coefficient (Wildman–Crippen LogP) is 1.44. The Balaban J connectivity index is 1.37. The second-order valence-corrected chi connectivity index (χ2v) is 6.02. The molecule has 2 aromatic heterocycles. The number of hydrogen-bond acceptors (Lipinski definition) is 5. The molecule has 21 heavy (non-hydrogen) atoms. The van der Waals surface area contributed by atoms with Gasteiger partial charge in [-0.1, -0.05) is 0 Å². The minimum Gasteiger partial charge on any atom is -0.340 e. The maximum absolute atomic E-state index is 4.37. The Labute approximate surface area is 124 Å². The molecule has 0 bridgehead atoms. The van der Waals surface area contributed by atoms with Crippen LogP contribution in [-0.4, -0.2) is 46.0 Å². The van der Waals surface area contributed by atoms with E-state index in [0.29, 0.717) is 0 Å². The number of hydrogen-bond donors (Lipinski definition) is 0. The molecule has 2 aliphatic heterocycles. The molecule has 0 radical (unpaired) electrons. The van der Waals surface area contributed by atoms with E-state index in [1.807, 2.05) is 30.9 Å². The lowest BCUT2D eigenvalue weighted by Gasteiger charge is -2.21. The average molecular weight is 281 g/mol. The number of fused-ring (bicyclic) bond motifs is 1. The summed E-state index contributed by atoms with van der Waals surface area (Å²) < 4.78 is 0. The minimum absolute atomic E-state index is 0.746. The van der Waals surface area contributed by atoms with Gasteiger partial charge in [-0.2, -0.15) is 0 Å². The van der Waals surface area contributed by atoms with Gasteiger partial charge in [0.1, 0.15) is 0 Å². The molecule has 2 saturated heterocycles. The summed E-state index contributed by atoms with van der Waals surface area (Å²) >= 11 is 0. The lowest BCUT2D eigenvalue weighted by atomic mass is 10.0. The lowest BCUT2D eigenvalue weighted by Crippen LogP contribution is -2.29. The first kappa shape index (κ1) is 12.7. The molecule has 2 atom stereocenters. The molecule has 108 valence electrons. The SMILES string of the molecule is c1cnc(N2C[C@H]3CN(Cc4ccncc4)C[C@@H]3C2)nc1. The van der Waals surface area contributed by atoms with Gasteiger partial charge < -0.3 is 4.90 Å². The normalized spacial score (nSPS) is 25.2. The van der Waals surface area contributed by atoms with Crippen LogP contribution in [0, 0.1) is 11.8 Å². The molecule has 2 aromatic rings. The molecule has 2 aliphatic rings. The van der Waals surface area contributed by atoms with Crippen LogP contribution in [0.15, 0.2) is 43.0 Å². The Morgan fingerprint density at radius 3 is 2.24 bits per heavy atom. The number of nitrogens with zero attached hydrogens (tertiary/aromatic N) is 5. The van der Waals surface area contributed by atoms with Crippen molar-refractivity contribution in [2.24, 2.45) is 11.8 Å². The smallest absolute Gasteiger partial charge is 0.225 e. The fourth-order valence-corrected chi connectivity index (χ4v) is 3.58. The van der Waals surface area contributed by atoms with Crippen molar-refractivity contribution in [1.82, 2.24) is 19.9 Å². The van der Waals surface area contributed by atoms with Crippen LogP contribution in [-0.2, 0) is 6.54 Å². The molecule has 0 amide bonds. The summed E-state index contributed by atoms with van der Waals surface area (Å²) in [4.78, 5) is 17.7. The Kier molecular flexibility index (Phi) is 3.27. The number of anilines is 1. The second kappa shape index (κ2) is 5.41. The number of likely N-dealkylation sites (tertiary alicyclic amines) is 1. The van der Waals surface area contributed by atoms with Crippen LogP contribution in [0.4, 0.5) is 5.95 Å². The van der Waals surface area contributed by atoms with Gasteiger partial charge in [-0.25, -0.2) is 9.97 Å². The van der Waals surface area contributed by atoms with Gasteiger partial charge in [0.05, 0.1) is 0 Å². The molecule has 4 heterocycles. The summed E-state index contributed by atoms with van der Waals surface area (Å²) in [5, 5.41) is 0. The van der Waals surface area contributed by atoms with Crippen LogP contribution < -0.4 is 4.90 Å².